The zero-order chi connectivity index (χ0) is 12.4. The molecular weight excluding hydrogens is 260 g/mol. The first-order chi connectivity index (χ1) is 8.11. The molecule has 17 heavy (non-hydrogen) atoms. The third-order valence-corrected chi connectivity index (χ3v) is 3.44. The van der Waals surface area contributed by atoms with E-state index in [-0.39, 0.29) is 0 Å². The van der Waals surface area contributed by atoms with Gasteiger partial charge < -0.3 is 4.74 Å². The van der Waals surface area contributed by atoms with Gasteiger partial charge in [-0.1, -0.05) is 11.6 Å². The third-order valence-electron chi connectivity index (χ3n) is 2.09. The highest BCUT2D eigenvalue weighted by Crippen LogP contribution is 2.36. The Hall–Kier alpha value is -1.27. The number of halogens is 1. The van der Waals surface area contributed by atoms with E-state index < -0.39 is 0 Å². The fraction of sp³-hybridized carbons (Fsp3) is 0.300. The van der Waals surface area contributed by atoms with Crippen LogP contribution in [0.15, 0.2) is 22.4 Å². The van der Waals surface area contributed by atoms with E-state index in [1.807, 2.05) is 20.0 Å². The van der Waals surface area contributed by atoms with Crippen LogP contribution in [0.4, 0.5) is 0 Å². The zero-order valence-electron chi connectivity index (χ0n) is 9.64. The van der Waals surface area contributed by atoms with Crippen LogP contribution in [0.25, 0.3) is 0 Å². The van der Waals surface area contributed by atoms with E-state index in [1.54, 1.807) is 11.8 Å². The minimum atomic E-state index is 0.309. The monoisotopic (exact) mass is 270 g/mol. The molecule has 0 unspecified atom stereocenters. The predicted octanol–water partition coefficient (Wildman–Crippen LogP) is 2.33. The first-order valence-corrected chi connectivity index (χ1v) is 6.04. The van der Waals surface area contributed by atoms with Gasteiger partial charge in [0.25, 0.3) is 0 Å². The first-order valence-electron chi connectivity index (χ1n) is 4.84. The molecule has 0 saturated heterocycles. The number of hydrogen-bond acceptors (Lipinski definition) is 5. The van der Waals surface area contributed by atoms with Gasteiger partial charge in [0.1, 0.15) is 16.4 Å². The largest absolute Gasteiger partial charge is 0.491 e. The van der Waals surface area contributed by atoms with Crippen molar-refractivity contribution in [3.05, 3.63) is 23.2 Å². The Kier molecular flexibility index (Phi) is 3.54. The van der Waals surface area contributed by atoms with Crippen LogP contribution in [0.2, 0.25) is 5.15 Å². The summed E-state index contributed by atoms with van der Waals surface area (Å²) in [6.45, 7) is 1.94. The maximum atomic E-state index is 5.93. The number of nitrogens with zero attached hydrogens (tertiary/aromatic N) is 4. The molecular formula is C10H11ClN4OS. The predicted molar refractivity (Wildman–Crippen MR) is 65.7 cm³/mol. The van der Waals surface area contributed by atoms with Gasteiger partial charge in [0.05, 0.1) is 12.8 Å². The van der Waals surface area contributed by atoms with E-state index in [0.717, 1.165) is 10.7 Å². The van der Waals surface area contributed by atoms with Crippen LogP contribution in [-0.4, -0.2) is 26.9 Å². The molecule has 2 aromatic rings. The van der Waals surface area contributed by atoms with Gasteiger partial charge in [0, 0.05) is 7.05 Å². The van der Waals surface area contributed by atoms with E-state index in [2.05, 4.69) is 15.1 Å². The van der Waals surface area contributed by atoms with Crippen LogP contribution in [0.3, 0.4) is 0 Å². The average Bonchev–Trinajstić information content (AvgIpc) is 2.58. The maximum Gasteiger partial charge on any atom is 0.188 e. The highest BCUT2D eigenvalue weighted by atomic mass is 35.5. The van der Waals surface area contributed by atoms with E-state index in [0.29, 0.717) is 15.9 Å². The molecule has 2 heterocycles. The van der Waals surface area contributed by atoms with Crippen LogP contribution < -0.4 is 4.74 Å². The Balaban J connectivity index is 2.36. The molecule has 5 nitrogen and oxygen atoms in total. The van der Waals surface area contributed by atoms with Crippen molar-refractivity contribution in [1.82, 2.24) is 19.7 Å². The summed E-state index contributed by atoms with van der Waals surface area (Å²) in [5.74, 6) is 0.484. The fourth-order valence-electron chi connectivity index (χ4n) is 1.36. The van der Waals surface area contributed by atoms with Gasteiger partial charge in [0.2, 0.25) is 0 Å². The lowest BCUT2D eigenvalue weighted by molar-refractivity contribution is 0.398. The normalized spacial score (nSPS) is 10.6. The molecule has 2 rings (SSSR count). The van der Waals surface area contributed by atoms with Gasteiger partial charge in [-0.15, -0.1) is 0 Å². The number of aromatic nitrogens is 4. The van der Waals surface area contributed by atoms with Crippen molar-refractivity contribution in [3.63, 3.8) is 0 Å². The third kappa shape index (κ3) is 2.53. The second kappa shape index (κ2) is 4.93. The summed E-state index contributed by atoms with van der Waals surface area (Å²) in [6.07, 6.45) is 1.41. The molecule has 7 heteroatoms. The molecule has 0 fully saturated rings. The number of methoxy groups -OCH3 is 1. The molecule has 0 bridgehead atoms. The maximum absolute atomic E-state index is 5.93. The molecule has 0 saturated carbocycles. The van der Waals surface area contributed by atoms with Gasteiger partial charge in [-0.05, 0) is 24.8 Å². The van der Waals surface area contributed by atoms with Crippen molar-refractivity contribution in [2.75, 3.05) is 7.11 Å². The van der Waals surface area contributed by atoms with Crippen molar-refractivity contribution >= 4 is 23.4 Å². The second-order valence-electron chi connectivity index (χ2n) is 3.35. The zero-order valence-corrected chi connectivity index (χ0v) is 11.2. The van der Waals surface area contributed by atoms with E-state index in [1.165, 1.54) is 18.1 Å². The van der Waals surface area contributed by atoms with Crippen LogP contribution in [0.5, 0.6) is 5.75 Å². The number of rotatable bonds is 3. The molecule has 0 N–H and O–H groups in total. The summed E-state index contributed by atoms with van der Waals surface area (Å²) in [7, 11) is 3.42. The van der Waals surface area contributed by atoms with Crippen molar-refractivity contribution in [1.29, 1.82) is 0 Å². The van der Waals surface area contributed by atoms with Gasteiger partial charge in [-0.2, -0.15) is 5.10 Å². The summed E-state index contributed by atoms with van der Waals surface area (Å²) in [6, 6.07) is 1.97. The Bertz CT molecular complexity index is 543. The Labute approximate surface area is 108 Å². The van der Waals surface area contributed by atoms with Gasteiger partial charge in [0.15, 0.2) is 10.9 Å². The molecule has 0 aliphatic carbocycles. The summed E-state index contributed by atoms with van der Waals surface area (Å²) < 4.78 is 6.97. The number of aryl methyl sites for hydroxylation is 2. The molecule has 0 atom stereocenters. The summed E-state index contributed by atoms with van der Waals surface area (Å²) >= 11 is 7.37. The lowest BCUT2D eigenvalue weighted by Gasteiger charge is -2.07. The van der Waals surface area contributed by atoms with Gasteiger partial charge in [-0.3, -0.25) is 4.68 Å². The quantitative estimate of drug-likeness (QED) is 0.801. The van der Waals surface area contributed by atoms with Crippen molar-refractivity contribution in [3.8, 4) is 5.75 Å². The Morgan fingerprint density at radius 3 is 2.76 bits per heavy atom. The van der Waals surface area contributed by atoms with Crippen molar-refractivity contribution < 1.29 is 4.74 Å². The minimum Gasteiger partial charge on any atom is -0.491 e. The molecule has 0 aliphatic rings. The topological polar surface area (TPSA) is 52.8 Å². The molecule has 0 amide bonds. The van der Waals surface area contributed by atoms with Crippen LogP contribution >= 0.6 is 23.4 Å². The molecule has 2 aromatic heterocycles. The van der Waals surface area contributed by atoms with Gasteiger partial charge >= 0.3 is 0 Å². The van der Waals surface area contributed by atoms with Crippen LogP contribution in [0.1, 0.15) is 5.69 Å². The molecule has 90 valence electrons. The second-order valence-corrected chi connectivity index (χ2v) is 4.72. The average molecular weight is 271 g/mol. The van der Waals surface area contributed by atoms with E-state index >= 15 is 0 Å². The highest BCUT2D eigenvalue weighted by molar-refractivity contribution is 7.99. The summed E-state index contributed by atoms with van der Waals surface area (Å²) in [5.41, 5.74) is 0.953. The number of ether oxygens (including phenoxy) is 1. The van der Waals surface area contributed by atoms with Crippen LogP contribution in [0, 0.1) is 6.92 Å². The fourth-order valence-corrected chi connectivity index (χ4v) is 2.60. The summed E-state index contributed by atoms with van der Waals surface area (Å²) in [5, 5.41) is 6.22. The lowest BCUT2D eigenvalue weighted by Crippen LogP contribution is -1.96. The van der Waals surface area contributed by atoms with Crippen molar-refractivity contribution in [2.24, 2.45) is 7.05 Å². The minimum absolute atomic E-state index is 0.309. The molecule has 0 aliphatic heterocycles. The molecule has 0 radical (unpaired) electrons. The number of hydrogen-bond donors (Lipinski definition) is 0. The van der Waals surface area contributed by atoms with E-state index in [4.69, 9.17) is 16.3 Å². The SMILES string of the molecule is COc1c(Cl)ncnc1Sc1cc(C)nn1C. The summed E-state index contributed by atoms with van der Waals surface area (Å²) in [4.78, 5) is 8.03. The van der Waals surface area contributed by atoms with E-state index in [9.17, 15) is 0 Å². The van der Waals surface area contributed by atoms with Crippen LogP contribution in [-0.2, 0) is 7.05 Å². The molecule has 0 spiro atoms. The smallest absolute Gasteiger partial charge is 0.188 e. The Morgan fingerprint density at radius 2 is 2.18 bits per heavy atom. The highest BCUT2D eigenvalue weighted by Gasteiger charge is 2.13. The standard InChI is InChI=1S/C10H11ClN4OS/c1-6-4-7(15(2)14-6)17-10-8(16-3)9(11)12-5-13-10/h4-5H,1-3H3. The Morgan fingerprint density at radius 1 is 1.41 bits per heavy atom. The van der Waals surface area contributed by atoms with Crippen molar-refractivity contribution in [2.45, 2.75) is 17.0 Å². The van der Waals surface area contributed by atoms with Gasteiger partial charge in [-0.25, -0.2) is 9.97 Å². The lowest BCUT2D eigenvalue weighted by atomic mass is 10.5. The first kappa shape index (κ1) is 12.2. The molecule has 0 aromatic carbocycles.